The van der Waals surface area contributed by atoms with Crippen molar-refractivity contribution in [3.63, 3.8) is 0 Å². The van der Waals surface area contributed by atoms with E-state index in [1.54, 1.807) is 46.8 Å². The van der Waals surface area contributed by atoms with E-state index in [1.807, 2.05) is 30.5 Å². The van der Waals surface area contributed by atoms with Gasteiger partial charge in [-0.05, 0) is 72.5 Å². The van der Waals surface area contributed by atoms with E-state index in [0.717, 1.165) is 27.1 Å². The highest BCUT2D eigenvalue weighted by molar-refractivity contribution is 7.98. The van der Waals surface area contributed by atoms with Gasteiger partial charge in [0.15, 0.2) is 0 Å². The van der Waals surface area contributed by atoms with Crippen molar-refractivity contribution >= 4 is 17.5 Å². The number of oxazole rings is 1. The normalized spacial score (nSPS) is 11.3. The van der Waals surface area contributed by atoms with Crippen LogP contribution in [0.15, 0.2) is 88.4 Å². The molecular weight excluding hydrogens is 402 g/mol. The lowest BCUT2D eigenvalue weighted by Gasteiger charge is -2.04. The van der Waals surface area contributed by atoms with Crippen LogP contribution in [0.1, 0.15) is 0 Å². The monoisotopic (exact) mass is 418 g/mol. The predicted octanol–water partition coefficient (Wildman–Crippen LogP) is 6.93. The van der Waals surface area contributed by atoms with Gasteiger partial charge in [0, 0.05) is 16.0 Å². The van der Waals surface area contributed by atoms with Gasteiger partial charge in [-0.3, -0.25) is 0 Å². The van der Waals surface area contributed by atoms with Crippen LogP contribution >= 0.6 is 11.8 Å². The van der Waals surface area contributed by atoms with E-state index in [0.29, 0.717) is 17.1 Å². The number of benzene rings is 3. The zero-order valence-electron chi connectivity index (χ0n) is 16.0. The summed E-state index contributed by atoms with van der Waals surface area (Å²) in [5.41, 5.74) is 5.31. The summed E-state index contributed by atoms with van der Waals surface area (Å²) in [5, 5.41) is 4.79. The topological polar surface area (TPSA) is 30.4 Å². The van der Waals surface area contributed by atoms with Gasteiger partial charge in [-0.25, -0.2) is 8.78 Å². The first-order valence-electron chi connectivity index (χ1n) is 9.30. The van der Waals surface area contributed by atoms with Crippen LogP contribution in [0.5, 0.6) is 0 Å². The minimum absolute atomic E-state index is 0.305. The molecule has 0 radical (unpaired) electrons. The Morgan fingerprint density at radius 2 is 1.33 bits per heavy atom. The van der Waals surface area contributed by atoms with Crippen LogP contribution in [-0.4, -0.2) is 15.9 Å². The van der Waals surface area contributed by atoms with Crippen LogP contribution in [0.2, 0.25) is 0 Å². The number of rotatable bonds is 4. The lowest BCUT2D eigenvalue weighted by Crippen LogP contribution is -1.89. The van der Waals surface area contributed by atoms with Crippen molar-refractivity contribution in [2.75, 3.05) is 6.26 Å². The van der Waals surface area contributed by atoms with Gasteiger partial charge in [0.2, 0.25) is 5.71 Å². The summed E-state index contributed by atoms with van der Waals surface area (Å²) in [6.45, 7) is 0. The highest BCUT2D eigenvalue weighted by atomic mass is 32.2. The first-order valence-corrected chi connectivity index (χ1v) is 10.5. The summed E-state index contributed by atoms with van der Waals surface area (Å²) >= 11 is 1.67. The van der Waals surface area contributed by atoms with Crippen molar-refractivity contribution in [1.82, 2.24) is 9.61 Å². The van der Waals surface area contributed by atoms with E-state index in [-0.39, 0.29) is 11.6 Å². The van der Waals surface area contributed by atoms with Gasteiger partial charge in [-0.2, -0.15) is 9.61 Å². The first kappa shape index (κ1) is 18.6. The average molecular weight is 418 g/mol. The molecule has 0 saturated carbocycles. The minimum atomic E-state index is -0.306. The van der Waals surface area contributed by atoms with Crippen LogP contribution in [0.4, 0.5) is 8.78 Å². The molecule has 0 bridgehead atoms. The van der Waals surface area contributed by atoms with Crippen LogP contribution < -0.4 is 0 Å². The van der Waals surface area contributed by atoms with E-state index in [9.17, 15) is 8.78 Å². The second kappa shape index (κ2) is 7.46. The highest BCUT2D eigenvalue weighted by Crippen LogP contribution is 2.38. The molecule has 0 aliphatic carbocycles. The van der Waals surface area contributed by atoms with E-state index >= 15 is 0 Å². The van der Waals surface area contributed by atoms with Gasteiger partial charge in [-0.1, -0.05) is 12.1 Å². The molecule has 0 saturated heterocycles. The zero-order valence-corrected chi connectivity index (χ0v) is 16.8. The largest absolute Gasteiger partial charge is 0.444 e. The molecule has 148 valence electrons. The molecule has 3 nitrogen and oxygen atoms in total. The van der Waals surface area contributed by atoms with Gasteiger partial charge in [0.25, 0.3) is 0 Å². The van der Waals surface area contributed by atoms with Crippen molar-refractivity contribution in [1.29, 1.82) is 0 Å². The Balaban J connectivity index is 1.75. The molecule has 6 heteroatoms. The fraction of sp³-hybridized carbons (Fsp3) is 0.0417. The smallest absolute Gasteiger partial charge is 0.230 e. The van der Waals surface area contributed by atoms with Crippen LogP contribution in [-0.2, 0) is 0 Å². The molecule has 5 aromatic rings. The zero-order chi connectivity index (χ0) is 20.7. The Hall–Kier alpha value is -3.38. The van der Waals surface area contributed by atoms with Crippen LogP contribution in [0.25, 0.3) is 39.4 Å². The molecule has 0 aliphatic rings. The fourth-order valence-electron chi connectivity index (χ4n) is 3.47. The number of nitrogens with zero attached hydrogens (tertiary/aromatic N) is 2. The molecule has 0 N–H and O–H groups in total. The SMILES string of the molecule is CSc1ccc(-c2c(-c3ccc(F)cc3)nn3c(-c4ccc(F)cc4)coc23)cc1. The van der Waals surface area contributed by atoms with Crippen molar-refractivity contribution in [2.45, 2.75) is 4.90 Å². The second-order valence-corrected chi connectivity index (χ2v) is 7.68. The van der Waals surface area contributed by atoms with Gasteiger partial charge in [-0.15, -0.1) is 11.8 Å². The molecule has 2 aromatic heterocycles. The minimum Gasteiger partial charge on any atom is -0.444 e. The van der Waals surface area contributed by atoms with Crippen molar-refractivity contribution in [3.8, 4) is 33.6 Å². The van der Waals surface area contributed by atoms with E-state index in [4.69, 9.17) is 9.52 Å². The standard InChI is InChI=1S/C24H16F2N2OS/c1-30-20-12-6-16(7-13-20)22-23(17-4-10-19(26)11-5-17)27-28-21(14-29-24(22)28)15-2-8-18(25)9-3-15/h2-14H,1H3. The summed E-state index contributed by atoms with van der Waals surface area (Å²) in [4.78, 5) is 1.15. The third-order valence-corrected chi connectivity index (χ3v) is 5.73. The molecule has 0 amide bonds. The number of aromatic nitrogens is 2. The average Bonchev–Trinajstić information content (AvgIpc) is 3.34. The lowest BCUT2D eigenvalue weighted by atomic mass is 10.0. The third kappa shape index (κ3) is 3.19. The molecule has 5 rings (SSSR count). The quantitative estimate of drug-likeness (QED) is 0.297. The summed E-state index contributed by atoms with van der Waals surface area (Å²) in [5.74, 6) is -0.611. The number of hydrogen-bond donors (Lipinski definition) is 0. The molecule has 0 unspecified atom stereocenters. The molecule has 0 fully saturated rings. The van der Waals surface area contributed by atoms with Crippen LogP contribution in [0.3, 0.4) is 0 Å². The Labute approximate surface area is 176 Å². The predicted molar refractivity (Wildman–Crippen MR) is 115 cm³/mol. The number of fused-ring (bicyclic) bond motifs is 1. The van der Waals surface area contributed by atoms with Crippen molar-refractivity contribution < 1.29 is 13.2 Å². The molecular formula is C24H16F2N2OS. The Morgan fingerprint density at radius 3 is 1.93 bits per heavy atom. The lowest BCUT2D eigenvalue weighted by molar-refractivity contribution is 0.607. The third-order valence-electron chi connectivity index (χ3n) is 4.99. The van der Waals surface area contributed by atoms with E-state index in [1.165, 1.54) is 24.3 Å². The maximum atomic E-state index is 13.5. The molecule has 2 heterocycles. The maximum absolute atomic E-state index is 13.5. The molecule has 0 spiro atoms. The van der Waals surface area contributed by atoms with E-state index < -0.39 is 0 Å². The second-order valence-electron chi connectivity index (χ2n) is 6.80. The maximum Gasteiger partial charge on any atom is 0.230 e. The number of thioether (sulfide) groups is 1. The highest BCUT2D eigenvalue weighted by Gasteiger charge is 2.22. The summed E-state index contributed by atoms with van der Waals surface area (Å²) in [6, 6.07) is 20.5. The molecule has 0 atom stereocenters. The molecule has 0 aliphatic heterocycles. The Kier molecular flexibility index (Phi) is 4.64. The number of halogens is 2. The van der Waals surface area contributed by atoms with Gasteiger partial charge in [0.05, 0.1) is 5.56 Å². The van der Waals surface area contributed by atoms with Gasteiger partial charge in [0.1, 0.15) is 29.3 Å². The Bertz CT molecular complexity index is 1320. The van der Waals surface area contributed by atoms with Crippen molar-refractivity contribution in [2.24, 2.45) is 0 Å². The van der Waals surface area contributed by atoms with Crippen molar-refractivity contribution in [3.05, 3.63) is 90.7 Å². The van der Waals surface area contributed by atoms with E-state index in [2.05, 4.69) is 0 Å². The Morgan fingerprint density at radius 1 is 0.767 bits per heavy atom. The summed E-state index contributed by atoms with van der Waals surface area (Å²) < 4.78 is 34.5. The summed E-state index contributed by atoms with van der Waals surface area (Å²) in [6.07, 6.45) is 3.64. The number of hydrogen-bond acceptors (Lipinski definition) is 3. The fourth-order valence-corrected chi connectivity index (χ4v) is 3.88. The van der Waals surface area contributed by atoms with Gasteiger partial charge >= 0.3 is 0 Å². The molecule has 30 heavy (non-hydrogen) atoms. The summed E-state index contributed by atoms with van der Waals surface area (Å²) in [7, 11) is 0. The molecule has 3 aromatic carbocycles. The first-order chi connectivity index (χ1) is 14.6. The van der Waals surface area contributed by atoms with Crippen LogP contribution in [0, 0.1) is 11.6 Å². The van der Waals surface area contributed by atoms with Gasteiger partial charge < -0.3 is 4.42 Å².